The molecule has 2 aromatic heterocycles. The zero-order valence-corrected chi connectivity index (χ0v) is 16.0. The van der Waals surface area contributed by atoms with E-state index in [2.05, 4.69) is 6.92 Å². The number of nitrogens with zero attached hydrogens (tertiary/aromatic N) is 3. The molecule has 1 unspecified atom stereocenters. The van der Waals surface area contributed by atoms with Gasteiger partial charge in [-0.05, 0) is 38.3 Å². The van der Waals surface area contributed by atoms with Crippen molar-refractivity contribution in [2.24, 2.45) is 0 Å². The molecule has 136 valence electrons. The molecule has 1 amide bonds. The van der Waals surface area contributed by atoms with Crippen molar-refractivity contribution in [2.75, 3.05) is 13.7 Å². The lowest BCUT2D eigenvalue weighted by Crippen LogP contribution is -2.42. The van der Waals surface area contributed by atoms with E-state index in [0.717, 1.165) is 47.0 Å². The van der Waals surface area contributed by atoms with E-state index in [1.54, 1.807) is 18.4 Å². The SMILES string of the molecule is COc1cccc(-c2cn3c(CC(=O)N4CCCCC4C)csc3n2)c1. The van der Waals surface area contributed by atoms with E-state index in [1.165, 1.54) is 6.42 Å². The van der Waals surface area contributed by atoms with Crippen molar-refractivity contribution >= 4 is 22.2 Å². The molecular weight excluding hydrogens is 346 g/mol. The van der Waals surface area contributed by atoms with Gasteiger partial charge in [-0.1, -0.05) is 12.1 Å². The molecule has 1 fully saturated rings. The average Bonchev–Trinajstić information content (AvgIpc) is 3.24. The summed E-state index contributed by atoms with van der Waals surface area (Å²) in [4.78, 5) is 20.4. The van der Waals surface area contributed by atoms with Crippen molar-refractivity contribution < 1.29 is 9.53 Å². The Balaban J connectivity index is 1.59. The Hall–Kier alpha value is -2.34. The highest BCUT2D eigenvalue weighted by molar-refractivity contribution is 7.15. The van der Waals surface area contributed by atoms with Gasteiger partial charge < -0.3 is 9.64 Å². The highest BCUT2D eigenvalue weighted by atomic mass is 32.1. The van der Waals surface area contributed by atoms with Crippen LogP contribution in [0.4, 0.5) is 0 Å². The largest absolute Gasteiger partial charge is 0.497 e. The number of aromatic nitrogens is 2. The number of hydrogen-bond acceptors (Lipinski definition) is 4. The lowest BCUT2D eigenvalue weighted by Gasteiger charge is -2.33. The van der Waals surface area contributed by atoms with Gasteiger partial charge in [0.15, 0.2) is 4.96 Å². The minimum Gasteiger partial charge on any atom is -0.497 e. The number of imidazole rings is 1. The van der Waals surface area contributed by atoms with E-state index < -0.39 is 0 Å². The predicted octanol–water partition coefficient (Wildman–Crippen LogP) is 4.01. The fraction of sp³-hybridized carbons (Fsp3) is 0.400. The summed E-state index contributed by atoms with van der Waals surface area (Å²) in [6, 6.07) is 8.23. The molecule has 5 nitrogen and oxygen atoms in total. The van der Waals surface area contributed by atoms with Crippen LogP contribution >= 0.6 is 11.3 Å². The second-order valence-electron chi connectivity index (χ2n) is 6.85. The summed E-state index contributed by atoms with van der Waals surface area (Å²) in [6.07, 6.45) is 5.89. The van der Waals surface area contributed by atoms with Gasteiger partial charge in [-0.25, -0.2) is 4.98 Å². The Bertz CT molecular complexity index is 930. The monoisotopic (exact) mass is 369 g/mol. The summed E-state index contributed by atoms with van der Waals surface area (Å²) in [5.41, 5.74) is 2.92. The van der Waals surface area contributed by atoms with Crippen molar-refractivity contribution in [1.82, 2.24) is 14.3 Å². The fourth-order valence-electron chi connectivity index (χ4n) is 3.60. The van der Waals surface area contributed by atoms with Gasteiger partial charge in [-0.15, -0.1) is 11.3 Å². The zero-order valence-electron chi connectivity index (χ0n) is 15.1. The molecule has 1 saturated heterocycles. The lowest BCUT2D eigenvalue weighted by atomic mass is 10.0. The van der Waals surface area contributed by atoms with Crippen molar-refractivity contribution in [3.05, 3.63) is 41.5 Å². The summed E-state index contributed by atoms with van der Waals surface area (Å²) in [5.74, 6) is 1.03. The number of methoxy groups -OCH3 is 1. The van der Waals surface area contributed by atoms with Gasteiger partial charge in [0.1, 0.15) is 5.75 Å². The third kappa shape index (κ3) is 3.21. The van der Waals surface area contributed by atoms with Crippen LogP contribution in [0.15, 0.2) is 35.8 Å². The normalized spacial score (nSPS) is 17.6. The van der Waals surface area contributed by atoms with E-state index in [0.29, 0.717) is 12.5 Å². The topological polar surface area (TPSA) is 46.8 Å². The molecule has 6 heteroatoms. The molecule has 0 bridgehead atoms. The lowest BCUT2D eigenvalue weighted by molar-refractivity contribution is -0.133. The van der Waals surface area contributed by atoms with Crippen LogP contribution in [0.3, 0.4) is 0 Å². The number of carbonyl (C=O) groups is 1. The number of ether oxygens (including phenoxy) is 1. The third-order valence-corrected chi connectivity index (χ3v) is 5.99. The first-order valence-electron chi connectivity index (χ1n) is 9.05. The number of thiazole rings is 1. The summed E-state index contributed by atoms with van der Waals surface area (Å²) in [5, 5.41) is 2.05. The number of hydrogen-bond donors (Lipinski definition) is 0. The van der Waals surface area contributed by atoms with Crippen molar-refractivity contribution in [1.29, 1.82) is 0 Å². The van der Waals surface area contributed by atoms with Crippen LogP contribution in [0.5, 0.6) is 5.75 Å². The van der Waals surface area contributed by atoms with E-state index in [9.17, 15) is 4.79 Å². The second-order valence-corrected chi connectivity index (χ2v) is 7.68. The fourth-order valence-corrected chi connectivity index (χ4v) is 4.48. The summed E-state index contributed by atoms with van der Waals surface area (Å²) in [7, 11) is 1.66. The van der Waals surface area contributed by atoms with E-state index >= 15 is 0 Å². The van der Waals surface area contributed by atoms with Crippen LogP contribution < -0.4 is 4.74 Å². The van der Waals surface area contributed by atoms with Crippen LogP contribution in [-0.2, 0) is 11.2 Å². The number of piperidine rings is 1. The maximum Gasteiger partial charge on any atom is 0.228 e. The van der Waals surface area contributed by atoms with E-state index in [-0.39, 0.29) is 5.91 Å². The number of fused-ring (bicyclic) bond motifs is 1. The van der Waals surface area contributed by atoms with Crippen LogP contribution in [-0.4, -0.2) is 39.9 Å². The minimum atomic E-state index is 0.216. The standard InChI is InChI=1S/C20H23N3O2S/c1-14-6-3-4-9-22(14)19(24)11-16-13-26-20-21-18(12-23(16)20)15-7-5-8-17(10-15)25-2/h5,7-8,10,12-14H,3-4,6,9,11H2,1-2H3. The molecule has 0 spiro atoms. The van der Waals surface area contributed by atoms with Gasteiger partial charge in [-0.2, -0.15) is 0 Å². The zero-order chi connectivity index (χ0) is 18.1. The second kappa shape index (κ2) is 7.11. The maximum atomic E-state index is 12.8. The number of carbonyl (C=O) groups excluding carboxylic acids is 1. The van der Waals surface area contributed by atoms with E-state index in [4.69, 9.17) is 9.72 Å². The van der Waals surface area contributed by atoms with Gasteiger partial charge >= 0.3 is 0 Å². The molecule has 1 aromatic carbocycles. The summed E-state index contributed by atoms with van der Waals surface area (Å²) >= 11 is 1.58. The molecule has 0 radical (unpaired) electrons. The highest BCUT2D eigenvalue weighted by Gasteiger charge is 2.24. The molecule has 1 atom stereocenters. The summed E-state index contributed by atoms with van der Waals surface area (Å²) in [6.45, 7) is 3.03. The first-order valence-corrected chi connectivity index (χ1v) is 9.93. The van der Waals surface area contributed by atoms with Gasteiger partial charge in [0, 0.05) is 35.4 Å². The number of amides is 1. The Kier molecular flexibility index (Phi) is 4.68. The van der Waals surface area contributed by atoms with Crippen LogP contribution in [0, 0.1) is 0 Å². The highest BCUT2D eigenvalue weighted by Crippen LogP contribution is 2.27. The molecule has 4 rings (SSSR count). The Morgan fingerprint density at radius 1 is 1.38 bits per heavy atom. The van der Waals surface area contributed by atoms with Crippen molar-refractivity contribution in [3.63, 3.8) is 0 Å². The number of rotatable bonds is 4. The maximum absolute atomic E-state index is 12.8. The Morgan fingerprint density at radius 3 is 3.08 bits per heavy atom. The smallest absolute Gasteiger partial charge is 0.228 e. The van der Waals surface area contributed by atoms with Gasteiger partial charge in [0.25, 0.3) is 0 Å². The molecular formula is C20H23N3O2S. The predicted molar refractivity (Wildman–Crippen MR) is 104 cm³/mol. The molecule has 0 aliphatic carbocycles. The molecule has 26 heavy (non-hydrogen) atoms. The molecule has 1 aliphatic rings. The molecule has 0 N–H and O–H groups in total. The first-order chi connectivity index (χ1) is 12.7. The number of benzene rings is 1. The van der Waals surface area contributed by atoms with Gasteiger partial charge in [0.2, 0.25) is 5.91 Å². The first kappa shape index (κ1) is 17.1. The Labute approximate surface area is 157 Å². The molecule has 3 aromatic rings. The minimum absolute atomic E-state index is 0.216. The third-order valence-electron chi connectivity index (χ3n) is 5.10. The van der Waals surface area contributed by atoms with Crippen LogP contribution in [0.25, 0.3) is 16.2 Å². The van der Waals surface area contributed by atoms with Crippen molar-refractivity contribution in [2.45, 2.75) is 38.6 Å². The molecule has 3 heterocycles. The van der Waals surface area contributed by atoms with Crippen molar-refractivity contribution in [3.8, 4) is 17.0 Å². The number of likely N-dealkylation sites (tertiary alicyclic amines) is 1. The van der Waals surface area contributed by atoms with Gasteiger partial charge in [0.05, 0.1) is 19.2 Å². The average molecular weight is 369 g/mol. The van der Waals surface area contributed by atoms with E-state index in [1.807, 2.05) is 45.1 Å². The quantitative estimate of drug-likeness (QED) is 0.698. The molecule has 1 aliphatic heterocycles. The Morgan fingerprint density at radius 2 is 2.27 bits per heavy atom. The van der Waals surface area contributed by atoms with Crippen LogP contribution in [0.1, 0.15) is 31.9 Å². The van der Waals surface area contributed by atoms with Gasteiger partial charge in [-0.3, -0.25) is 9.20 Å². The van der Waals surface area contributed by atoms with Crippen LogP contribution in [0.2, 0.25) is 0 Å². The summed E-state index contributed by atoms with van der Waals surface area (Å²) < 4.78 is 7.35. The molecule has 0 saturated carbocycles.